The molecule has 2 N–H and O–H groups in total. The summed E-state index contributed by atoms with van der Waals surface area (Å²) in [6.45, 7) is 3.76. The van der Waals surface area contributed by atoms with E-state index in [0.717, 1.165) is 30.0 Å². The molecule has 1 saturated heterocycles. The zero-order valence-electron chi connectivity index (χ0n) is 13.1. The van der Waals surface area contributed by atoms with Crippen molar-refractivity contribution in [3.8, 4) is 0 Å². The van der Waals surface area contributed by atoms with Crippen molar-refractivity contribution in [2.24, 2.45) is 0 Å². The van der Waals surface area contributed by atoms with E-state index in [4.69, 9.17) is 5.73 Å². The fourth-order valence-electron chi connectivity index (χ4n) is 3.56. The zero-order valence-corrected chi connectivity index (χ0v) is 14.8. The summed E-state index contributed by atoms with van der Waals surface area (Å²) >= 11 is 2.09. The molecule has 122 valence electrons. The van der Waals surface area contributed by atoms with E-state index in [1.54, 1.807) is 0 Å². The highest BCUT2D eigenvalue weighted by Gasteiger charge is 2.39. The number of carbonyl (C=O) groups is 1. The number of nitrogen functional groups attached to an aromatic ring is 1. The van der Waals surface area contributed by atoms with E-state index < -0.39 is 0 Å². The van der Waals surface area contributed by atoms with E-state index in [0.29, 0.717) is 10.4 Å². The van der Waals surface area contributed by atoms with Crippen LogP contribution in [-0.2, 0) is 0 Å². The molecule has 2 fully saturated rings. The Labute approximate surface area is 143 Å². The minimum atomic E-state index is 0. The number of carbonyl (C=O) groups excluding carboxylic acids is 1. The third kappa shape index (κ3) is 3.54. The van der Waals surface area contributed by atoms with Crippen molar-refractivity contribution in [2.75, 3.05) is 24.6 Å². The van der Waals surface area contributed by atoms with Crippen molar-refractivity contribution in [1.29, 1.82) is 0 Å². The predicted octanol–water partition coefficient (Wildman–Crippen LogP) is 3.89. The fraction of sp³-hybridized carbons (Fsp3) is 0.588. The van der Waals surface area contributed by atoms with Gasteiger partial charge in [0.2, 0.25) is 0 Å². The Bertz CT molecular complexity index is 538. The zero-order chi connectivity index (χ0) is 14.9. The highest BCUT2D eigenvalue weighted by Crippen LogP contribution is 2.43. The summed E-state index contributed by atoms with van der Waals surface area (Å²) in [6.07, 6.45) is 6.50. The van der Waals surface area contributed by atoms with Crippen molar-refractivity contribution in [3.05, 3.63) is 29.3 Å². The van der Waals surface area contributed by atoms with Gasteiger partial charge in [0.15, 0.2) is 0 Å². The molecule has 2 aliphatic rings. The lowest BCUT2D eigenvalue weighted by Crippen LogP contribution is -2.50. The molecule has 0 bridgehead atoms. The molecule has 1 aliphatic carbocycles. The topological polar surface area (TPSA) is 46.3 Å². The van der Waals surface area contributed by atoms with Crippen LogP contribution in [0.25, 0.3) is 0 Å². The first-order valence-corrected chi connectivity index (χ1v) is 8.88. The number of rotatable bonds is 1. The monoisotopic (exact) mass is 340 g/mol. The number of halogens is 1. The van der Waals surface area contributed by atoms with Gasteiger partial charge in [-0.2, -0.15) is 11.8 Å². The van der Waals surface area contributed by atoms with Gasteiger partial charge in [0.05, 0.1) is 0 Å². The predicted molar refractivity (Wildman–Crippen MR) is 97.0 cm³/mol. The van der Waals surface area contributed by atoms with Gasteiger partial charge in [0.25, 0.3) is 5.91 Å². The third-order valence-electron chi connectivity index (χ3n) is 4.79. The molecule has 1 heterocycles. The number of nitrogens with two attached hydrogens (primary N) is 1. The molecule has 3 nitrogen and oxygen atoms in total. The van der Waals surface area contributed by atoms with Crippen LogP contribution < -0.4 is 5.73 Å². The quantitative estimate of drug-likeness (QED) is 0.789. The number of thioether (sulfide) groups is 1. The van der Waals surface area contributed by atoms with Crippen LogP contribution in [0.1, 0.15) is 48.0 Å². The van der Waals surface area contributed by atoms with Gasteiger partial charge in [-0.25, -0.2) is 0 Å². The third-order valence-corrected chi connectivity index (χ3v) is 6.33. The van der Waals surface area contributed by atoms with Crippen molar-refractivity contribution in [3.63, 3.8) is 0 Å². The Hall–Kier alpha value is -0.870. The van der Waals surface area contributed by atoms with Gasteiger partial charge in [0, 0.05) is 34.8 Å². The summed E-state index contributed by atoms with van der Waals surface area (Å²) < 4.78 is 0.320. The average Bonchev–Trinajstić information content (AvgIpc) is 2.50. The van der Waals surface area contributed by atoms with Crippen molar-refractivity contribution in [1.82, 2.24) is 4.90 Å². The van der Waals surface area contributed by atoms with E-state index in [1.807, 2.05) is 25.1 Å². The molecule has 0 atom stereocenters. The number of nitrogens with zero attached hydrogens (tertiary/aromatic N) is 1. The molecule has 22 heavy (non-hydrogen) atoms. The summed E-state index contributed by atoms with van der Waals surface area (Å²) in [5.74, 6) is 1.22. The number of hydrogen-bond donors (Lipinski definition) is 1. The largest absolute Gasteiger partial charge is 0.399 e. The molecular weight excluding hydrogens is 316 g/mol. The van der Waals surface area contributed by atoms with Crippen molar-refractivity contribution < 1.29 is 4.79 Å². The summed E-state index contributed by atoms with van der Waals surface area (Å²) in [5.41, 5.74) is 8.32. The van der Waals surface area contributed by atoms with Gasteiger partial charge in [0.1, 0.15) is 0 Å². The van der Waals surface area contributed by atoms with Crippen molar-refractivity contribution in [2.45, 2.75) is 43.8 Å². The van der Waals surface area contributed by atoms with Crippen LogP contribution in [0.15, 0.2) is 18.2 Å². The van der Waals surface area contributed by atoms with E-state index in [2.05, 4.69) is 16.7 Å². The molecule has 3 rings (SSSR count). The van der Waals surface area contributed by atoms with E-state index in [1.165, 1.54) is 32.1 Å². The van der Waals surface area contributed by atoms with Crippen LogP contribution >= 0.6 is 24.2 Å². The number of anilines is 1. The first-order valence-electron chi connectivity index (χ1n) is 7.89. The molecule has 1 aromatic carbocycles. The van der Waals surface area contributed by atoms with Crippen LogP contribution in [0.4, 0.5) is 5.69 Å². The second kappa shape index (κ2) is 7.14. The van der Waals surface area contributed by atoms with E-state index in [9.17, 15) is 4.79 Å². The van der Waals surface area contributed by atoms with Crippen LogP contribution in [0.3, 0.4) is 0 Å². The number of benzene rings is 1. The molecule has 0 unspecified atom stereocenters. The molecular formula is C17H25ClN2OS. The first kappa shape index (κ1) is 17.5. The second-order valence-electron chi connectivity index (χ2n) is 6.39. The highest BCUT2D eigenvalue weighted by molar-refractivity contribution is 8.00. The Kier molecular flexibility index (Phi) is 5.67. The van der Waals surface area contributed by atoms with Crippen molar-refractivity contribution >= 4 is 35.8 Å². The summed E-state index contributed by atoms with van der Waals surface area (Å²) in [4.78, 5) is 14.9. The standard InChI is InChI=1S/C17H24N2OS.ClH/c1-13-5-6-14(18)11-15(13)16(20)19-9-10-21-17(12-19)7-3-2-4-8-17;/h5-6,11H,2-4,7-10,12,18H2,1H3;1H. The molecule has 1 aromatic rings. The molecule has 0 radical (unpaired) electrons. The summed E-state index contributed by atoms with van der Waals surface area (Å²) in [7, 11) is 0. The maximum Gasteiger partial charge on any atom is 0.254 e. The summed E-state index contributed by atoms with van der Waals surface area (Å²) in [5, 5.41) is 0. The minimum Gasteiger partial charge on any atom is -0.399 e. The SMILES string of the molecule is Cc1ccc(N)cc1C(=O)N1CCSC2(CCCCC2)C1.Cl. The maximum absolute atomic E-state index is 12.9. The maximum atomic E-state index is 12.9. The first-order chi connectivity index (χ1) is 10.1. The number of aryl methyl sites for hydroxylation is 1. The number of amides is 1. The Morgan fingerprint density at radius 2 is 2.00 bits per heavy atom. The highest BCUT2D eigenvalue weighted by atomic mass is 35.5. The van der Waals surface area contributed by atoms with Gasteiger partial charge in [-0.15, -0.1) is 12.4 Å². The number of hydrogen-bond acceptors (Lipinski definition) is 3. The van der Waals surface area contributed by atoms with Gasteiger partial charge < -0.3 is 10.6 Å². The van der Waals surface area contributed by atoms with Crippen LogP contribution in [0, 0.1) is 6.92 Å². The van der Waals surface area contributed by atoms with Crippen LogP contribution in [-0.4, -0.2) is 34.4 Å². The molecule has 1 amide bonds. The van der Waals surface area contributed by atoms with Gasteiger partial charge in [-0.3, -0.25) is 4.79 Å². The second-order valence-corrected chi connectivity index (χ2v) is 7.96. The Morgan fingerprint density at radius 3 is 2.73 bits per heavy atom. The van der Waals surface area contributed by atoms with E-state index in [-0.39, 0.29) is 18.3 Å². The van der Waals surface area contributed by atoms with Crippen LogP contribution in [0.5, 0.6) is 0 Å². The normalized spacial score (nSPS) is 20.5. The molecule has 5 heteroatoms. The van der Waals surface area contributed by atoms with Gasteiger partial charge >= 0.3 is 0 Å². The molecule has 0 aromatic heterocycles. The lowest BCUT2D eigenvalue weighted by molar-refractivity contribution is 0.0729. The van der Waals surface area contributed by atoms with E-state index >= 15 is 0 Å². The van der Waals surface area contributed by atoms with Crippen LogP contribution in [0.2, 0.25) is 0 Å². The molecule has 1 saturated carbocycles. The Morgan fingerprint density at radius 1 is 1.27 bits per heavy atom. The smallest absolute Gasteiger partial charge is 0.254 e. The average molecular weight is 341 g/mol. The summed E-state index contributed by atoms with van der Waals surface area (Å²) in [6, 6.07) is 5.63. The lowest BCUT2D eigenvalue weighted by atomic mass is 9.87. The minimum absolute atomic E-state index is 0. The molecule has 1 aliphatic heterocycles. The van der Waals surface area contributed by atoms with Gasteiger partial charge in [-0.05, 0) is 37.5 Å². The molecule has 1 spiro atoms. The lowest BCUT2D eigenvalue weighted by Gasteiger charge is -2.44. The van der Waals surface area contributed by atoms with Gasteiger partial charge in [-0.1, -0.05) is 25.3 Å². The Balaban J connectivity index is 0.00000176. The fourth-order valence-corrected chi connectivity index (χ4v) is 5.13.